The number of hydrogen-bond acceptors (Lipinski definition) is 6. The normalized spacial score (nSPS) is 17.0. The van der Waals surface area contributed by atoms with Crippen LogP contribution < -0.4 is 16.0 Å². The lowest BCUT2D eigenvalue weighted by molar-refractivity contribution is 0.409. The Hall–Kier alpha value is -5.95. The van der Waals surface area contributed by atoms with Crippen molar-refractivity contribution >= 4 is 60.3 Å². The largest absolute Gasteiger partial charge is 0.440 e. The second-order valence-corrected chi connectivity index (χ2v) is 13.9. The van der Waals surface area contributed by atoms with Crippen LogP contribution in [0.3, 0.4) is 0 Å². The molecular weight excluding hydrogens is 633 g/mol. The highest BCUT2D eigenvalue weighted by atomic mass is 32.1. The molecule has 2 aromatic heterocycles. The highest BCUT2D eigenvalue weighted by Crippen LogP contribution is 2.42. The molecule has 5 nitrogen and oxygen atoms in total. The monoisotopic (exact) mass is 664 g/mol. The van der Waals surface area contributed by atoms with Crippen molar-refractivity contribution in [3.63, 3.8) is 0 Å². The number of furan rings is 1. The van der Waals surface area contributed by atoms with Crippen molar-refractivity contribution < 1.29 is 4.42 Å². The number of nitrogens with one attached hydrogen (secondary N) is 3. The highest BCUT2D eigenvalue weighted by Gasteiger charge is 2.30. The SMILES string of the molecule is C1=Cc2c(oc3ccc(-c4cccc(-c5ccccc5)c4)c(C4=NC(c5ccccc5)NC(c5ccc6c(c5)sc5ccccc56)N4)c23)NC1. The van der Waals surface area contributed by atoms with Gasteiger partial charge in [-0.2, -0.15) is 0 Å². The lowest BCUT2D eigenvalue weighted by atomic mass is 9.91. The second-order valence-electron chi connectivity index (χ2n) is 12.8. The van der Waals surface area contributed by atoms with Gasteiger partial charge in [-0.25, -0.2) is 4.99 Å². The highest BCUT2D eigenvalue weighted by molar-refractivity contribution is 7.25. The summed E-state index contributed by atoms with van der Waals surface area (Å²) in [4.78, 5) is 5.45. The molecule has 2 aliphatic rings. The van der Waals surface area contributed by atoms with Gasteiger partial charge >= 0.3 is 0 Å². The molecule has 0 saturated carbocycles. The van der Waals surface area contributed by atoms with E-state index in [1.54, 1.807) is 0 Å². The molecule has 50 heavy (non-hydrogen) atoms. The minimum atomic E-state index is -0.272. The Labute approximate surface area is 293 Å². The van der Waals surface area contributed by atoms with Crippen molar-refractivity contribution in [2.45, 2.75) is 12.3 Å². The molecule has 3 N–H and O–H groups in total. The van der Waals surface area contributed by atoms with Crippen molar-refractivity contribution in [2.24, 2.45) is 4.99 Å². The summed E-state index contributed by atoms with van der Waals surface area (Å²) in [7, 11) is 0. The van der Waals surface area contributed by atoms with Crippen LogP contribution in [-0.4, -0.2) is 12.4 Å². The number of hydrogen-bond donors (Lipinski definition) is 3. The quantitative estimate of drug-likeness (QED) is 0.171. The van der Waals surface area contributed by atoms with E-state index in [0.29, 0.717) is 0 Å². The Balaban J connectivity index is 1.18. The molecule has 6 heteroatoms. The van der Waals surface area contributed by atoms with Crippen LogP contribution >= 0.6 is 11.3 Å². The first kappa shape index (κ1) is 29.0. The molecule has 240 valence electrons. The zero-order chi connectivity index (χ0) is 33.0. The molecule has 10 rings (SSSR count). The van der Waals surface area contributed by atoms with Crippen molar-refractivity contribution in [3.8, 4) is 22.3 Å². The number of nitrogens with zero attached hydrogens (tertiary/aromatic N) is 1. The van der Waals surface area contributed by atoms with Crippen molar-refractivity contribution in [2.75, 3.05) is 11.9 Å². The molecule has 2 aliphatic heterocycles. The van der Waals surface area contributed by atoms with Gasteiger partial charge in [0.1, 0.15) is 23.8 Å². The number of anilines is 1. The predicted octanol–water partition coefficient (Wildman–Crippen LogP) is 10.9. The average Bonchev–Trinajstić information content (AvgIpc) is 3.76. The van der Waals surface area contributed by atoms with Gasteiger partial charge in [-0.15, -0.1) is 11.3 Å². The third kappa shape index (κ3) is 4.92. The summed E-state index contributed by atoms with van der Waals surface area (Å²) >= 11 is 1.84. The van der Waals surface area contributed by atoms with Gasteiger partial charge in [0, 0.05) is 43.2 Å². The smallest absolute Gasteiger partial charge is 0.201 e. The first-order chi connectivity index (χ1) is 24.8. The second kappa shape index (κ2) is 11.9. The van der Waals surface area contributed by atoms with Crippen LogP contribution in [-0.2, 0) is 0 Å². The molecule has 2 atom stereocenters. The molecular formula is C44H32N4OS. The molecule has 0 aliphatic carbocycles. The molecule has 0 fully saturated rings. The number of amidine groups is 1. The van der Waals surface area contributed by atoms with Crippen molar-refractivity contribution in [1.82, 2.24) is 10.6 Å². The van der Waals surface area contributed by atoms with Gasteiger partial charge < -0.3 is 15.1 Å². The summed E-state index contributed by atoms with van der Waals surface area (Å²) in [6.07, 6.45) is 3.86. The topological polar surface area (TPSA) is 61.6 Å². The fraction of sp³-hybridized carbons (Fsp3) is 0.0682. The van der Waals surface area contributed by atoms with Gasteiger partial charge in [-0.05, 0) is 63.7 Å². The molecule has 0 bridgehead atoms. The number of fused-ring (bicyclic) bond motifs is 6. The van der Waals surface area contributed by atoms with Crippen LogP contribution in [0.1, 0.15) is 34.6 Å². The van der Waals surface area contributed by atoms with E-state index in [2.05, 4.69) is 168 Å². The third-order valence-electron chi connectivity index (χ3n) is 9.79. The van der Waals surface area contributed by atoms with Crippen LogP contribution in [0.15, 0.2) is 155 Å². The maximum Gasteiger partial charge on any atom is 0.201 e. The Kier molecular flexibility index (Phi) is 6.89. The van der Waals surface area contributed by atoms with Crippen LogP contribution in [0.2, 0.25) is 0 Å². The van der Waals surface area contributed by atoms with Gasteiger partial charge in [0.25, 0.3) is 0 Å². The van der Waals surface area contributed by atoms with Crippen LogP contribution in [0, 0.1) is 0 Å². The standard InChI is InChI=1S/C44H32N4OS/c1-3-11-27(12-4-1)29-15-9-16-30(25-29)32-22-23-36-39(35-18-10-24-45-44(35)49-36)40(32)43-47-41(28-13-5-2-6-14-28)46-42(48-43)31-20-21-34-33-17-7-8-19-37(33)50-38(34)26-31/h1-23,25-26,41-42,45-46H,24H2,(H,47,48). The predicted molar refractivity (Wildman–Crippen MR) is 209 cm³/mol. The lowest BCUT2D eigenvalue weighted by Crippen LogP contribution is -2.45. The van der Waals surface area contributed by atoms with E-state index in [0.717, 1.165) is 62.6 Å². The van der Waals surface area contributed by atoms with Gasteiger partial charge in [-0.1, -0.05) is 121 Å². The molecule has 0 radical (unpaired) electrons. The Bertz CT molecular complexity index is 2620. The van der Waals surface area contributed by atoms with Gasteiger partial charge in [0.15, 0.2) is 0 Å². The summed E-state index contributed by atoms with van der Waals surface area (Å²) in [5, 5.41) is 14.8. The summed E-state index contributed by atoms with van der Waals surface area (Å²) in [6, 6.07) is 49.6. The maximum atomic E-state index is 6.45. The fourth-order valence-electron chi connectivity index (χ4n) is 7.40. The first-order valence-corrected chi connectivity index (χ1v) is 17.8. The fourth-order valence-corrected chi connectivity index (χ4v) is 8.56. The minimum Gasteiger partial charge on any atom is -0.440 e. The molecule has 4 heterocycles. The van der Waals surface area contributed by atoms with Crippen molar-refractivity contribution in [3.05, 3.63) is 168 Å². The Morgan fingerprint density at radius 1 is 0.660 bits per heavy atom. The Morgan fingerprint density at radius 2 is 1.44 bits per heavy atom. The number of aliphatic imine (C=N–C) groups is 1. The number of benzene rings is 6. The van der Waals surface area contributed by atoms with E-state index in [1.165, 1.54) is 31.3 Å². The minimum absolute atomic E-state index is 0.197. The van der Waals surface area contributed by atoms with E-state index in [9.17, 15) is 0 Å². The van der Waals surface area contributed by atoms with Crippen LogP contribution in [0.25, 0.3) is 59.5 Å². The zero-order valence-corrected chi connectivity index (χ0v) is 27.9. The van der Waals surface area contributed by atoms with E-state index in [-0.39, 0.29) is 12.3 Å². The summed E-state index contributed by atoms with van der Waals surface area (Å²) in [5.74, 6) is 1.62. The Morgan fingerprint density at radius 3 is 2.34 bits per heavy atom. The molecule has 0 saturated heterocycles. The summed E-state index contributed by atoms with van der Waals surface area (Å²) in [5.41, 5.74) is 9.73. The number of rotatable bonds is 5. The van der Waals surface area contributed by atoms with Crippen LogP contribution in [0.4, 0.5) is 5.88 Å². The van der Waals surface area contributed by atoms with E-state index < -0.39 is 0 Å². The van der Waals surface area contributed by atoms with E-state index in [4.69, 9.17) is 9.41 Å². The van der Waals surface area contributed by atoms with Gasteiger partial charge in [-0.3, -0.25) is 5.32 Å². The van der Waals surface area contributed by atoms with E-state index >= 15 is 0 Å². The van der Waals surface area contributed by atoms with E-state index in [1.807, 2.05) is 11.3 Å². The molecule has 2 unspecified atom stereocenters. The first-order valence-electron chi connectivity index (χ1n) is 17.0. The van der Waals surface area contributed by atoms with Gasteiger partial charge in [0.05, 0.1) is 0 Å². The number of thiophene rings is 1. The molecule has 6 aromatic carbocycles. The van der Waals surface area contributed by atoms with Crippen LogP contribution in [0.5, 0.6) is 0 Å². The molecule has 0 amide bonds. The lowest BCUT2D eigenvalue weighted by Gasteiger charge is -2.33. The van der Waals surface area contributed by atoms with Crippen molar-refractivity contribution in [1.29, 1.82) is 0 Å². The maximum absolute atomic E-state index is 6.45. The zero-order valence-electron chi connectivity index (χ0n) is 27.1. The average molecular weight is 665 g/mol. The molecule has 0 spiro atoms. The summed E-state index contributed by atoms with van der Waals surface area (Å²) < 4.78 is 9.02. The molecule has 8 aromatic rings. The summed E-state index contributed by atoms with van der Waals surface area (Å²) in [6.45, 7) is 0.732. The van der Waals surface area contributed by atoms with Gasteiger partial charge in [0.2, 0.25) is 5.88 Å². The third-order valence-corrected chi connectivity index (χ3v) is 10.9.